The Morgan fingerprint density at radius 1 is 1.24 bits per heavy atom. The largest absolute Gasteiger partial charge is 0.347 e. The molecule has 2 aliphatic rings. The van der Waals surface area contributed by atoms with E-state index in [2.05, 4.69) is 33.7 Å². The van der Waals surface area contributed by atoms with Crippen molar-refractivity contribution in [3.8, 4) is 0 Å². The van der Waals surface area contributed by atoms with Gasteiger partial charge in [0.05, 0.1) is 5.54 Å². The quantitative estimate of drug-likeness (QED) is 0.840. The molecule has 6 heteroatoms. The molecule has 0 saturated carbocycles. The molecule has 3 rings (SSSR count). The molecule has 0 unspecified atom stereocenters. The van der Waals surface area contributed by atoms with Gasteiger partial charge in [-0.05, 0) is 58.7 Å². The van der Waals surface area contributed by atoms with Gasteiger partial charge >= 0.3 is 0 Å². The second kappa shape index (κ2) is 7.28. The van der Waals surface area contributed by atoms with Crippen molar-refractivity contribution in [3.63, 3.8) is 0 Å². The maximum atomic E-state index is 13.1. The number of hydrogen-bond acceptors (Lipinski definition) is 5. The van der Waals surface area contributed by atoms with E-state index in [0.717, 1.165) is 57.0 Å². The van der Waals surface area contributed by atoms with Crippen LogP contribution in [0.15, 0.2) is 12.3 Å². The third kappa shape index (κ3) is 3.64. The minimum absolute atomic E-state index is 0.310. The summed E-state index contributed by atoms with van der Waals surface area (Å²) in [6.45, 7) is 4.80. The Balaban J connectivity index is 1.64. The van der Waals surface area contributed by atoms with Gasteiger partial charge in [-0.1, -0.05) is 0 Å². The Morgan fingerprint density at radius 3 is 2.60 bits per heavy atom. The number of nitrogens with zero attached hydrogens (tertiary/aromatic N) is 5. The van der Waals surface area contributed by atoms with E-state index in [1.54, 1.807) is 0 Å². The first-order valence-corrected chi connectivity index (χ1v) is 9.43. The van der Waals surface area contributed by atoms with Crippen molar-refractivity contribution in [2.45, 2.75) is 50.5 Å². The zero-order chi connectivity index (χ0) is 18.0. The lowest BCUT2D eigenvalue weighted by atomic mass is 9.86. The van der Waals surface area contributed by atoms with Gasteiger partial charge in [0.25, 0.3) is 0 Å². The summed E-state index contributed by atoms with van der Waals surface area (Å²) in [5, 5.41) is 0. The number of aromatic nitrogens is 2. The first-order valence-electron chi connectivity index (χ1n) is 9.43. The Kier molecular flexibility index (Phi) is 5.27. The van der Waals surface area contributed by atoms with E-state index in [9.17, 15) is 4.79 Å². The Bertz CT molecular complexity index is 612. The normalized spacial score (nSPS) is 25.8. The molecular formula is C19H31N5O. The van der Waals surface area contributed by atoms with Crippen LogP contribution in [0.25, 0.3) is 0 Å². The molecule has 1 aromatic rings. The van der Waals surface area contributed by atoms with Crippen LogP contribution in [0, 0.1) is 0 Å². The van der Waals surface area contributed by atoms with Crippen molar-refractivity contribution >= 4 is 11.9 Å². The van der Waals surface area contributed by atoms with E-state index in [1.807, 2.05) is 31.3 Å². The number of carbonyl (C=O) groups is 1. The number of carbonyl (C=O) groups excluding carboxylic acids is 1. The van der Waals surface area contributed by atoms with Crippen molar-refractivity contribution < 1.29 is 4.79 Å². The average Bonchev–Trinajstić information content (AvgIpc) is 2.64. The molecule has 0 N–H and O–H groups in total. The standard InChI is InChI=1S/C19H31N5O/c1-19(10-5-6-12-23(19)4)17(25)24-13-8-15(9-14-24)16-7-11-20-18(21-16)22(2)3/h7,11,15H,5-6,8-10,12-14H2,1-4H3/t19-/m1/s1. The highest BCUT2D eigenvalue weighted by atomic mass is 16.2. The SMILES string of the molecule is CN(C)c1nccc(C2CCN(C(=O)[C@@]3(C)CCCCN3C)CC2)n1. The zero-order valence-electron chi connectivity index (χ0n) is 16.0. The maximum Gasteiger partial charge on any atom is 0.242 e. The second-order valence-corrected chi connectivity index (χ2v) is 7.89. The fourth-order valence-electron chi connectivity index (χ4n) is 4.05. The fourth-order valence-corrected chi connectivity index (χ4v) is 4.05. The highest BCUT2D eigenvalue weighted by Crippen LogP contribution is 2.32. The Labute approximate surface area is 151 Å². The van der Waals surface area contributed by atoms with Gasteiger partial charge in [-0.3, -0.25) is 9.69 Å². The van der Waals surface area contributed by atoms with Gasteiger partial charge in [0.15, 0.2) is 0 Å². The van der Waals surface area contributed by atoms with Crippen molar-refractivity contribution in [2.24, 2.45) is 0 Å². The van der Waals surface area contributed by atoms with Gasteiger partial charge in [0, 0.05) is 45.0 Å². The molecule has 1 aromatic heterocycles. The number of likely N-dealkylation sites (tertiary alicyclic amines) is 2. The summed E-state index contributed by atoms with van der Waals surface area (Å²) in [6.07, 6.45) is 7.12. The zero-order valence-corrected chi connectivity index (χ0v) is 16.0. The van der Waals surface area contributed by atoms with Crippen LogP contribution in [-0.2, 0) is 4.79 Å². The molecule has 0 bridgehead atoms. The van der Waals surface area contributed by atoms with E-state index in [4.69, 9.17) is 0 Å². The van der Waals surface area contributed by atoms with Crippen LogP contribution in [0.3, 0.4) is 0 Å². The third-order valence-corrected chi connectivity index (χ3v) is 5.98. The predicted octanol–water partition coefficient (Wildman–Crippen LogP) is 2.12. The van der Waals surface area contributed by atoms with E-state index in [0.29, 0.717) is 11.8 Å². The number of rotatable bonds is 3. The van der Waals surface area contributed by atoms with Crippen LogP contribution in [-0.4, -0.2) is 72.0 Å². The van der Waals surface area contributed by atoms with Gasteiger partial charge in [0.2, 0.25) is 11.9 Å². The summed E-state index contributed by atoms with van der Waals surface area (Å²) in [6, 6.07) is 2.02. The van der Waals surface area contributed by atoms with E-state index >= 15 is 0 Å². The van der Waals surface area contributed by atoms with E-state index < -0.39 is 0 Å². The highest BCUT2D eigenvalue weighted by molar-refractivity contribution is 5.86. The van der Waals surface area contributed by atoms with Crippen LogP contribution >= 0.6 is 0 Å². The monoisotopic (exact) mass is 345 g/mol. The second-order valence-electron chi connectivity index (χ2n) is 7.89. The molecular weight excluding hydrogens is 314 g/mol. The molecule has 0 aliphatic carbocycles. The van der Waals surface area contributed by atoms with Crippen molar-refractivity contribution in [3.05, 3.63) is 18.0 Å². The van der Waals surface area contributed by atoms with E-state index in [1.165, 1.54) is 6.42 Å². The van der Waals surface area contributed by atoms with Crippen LogP contribution in [0.1, 0.15) is 50.6 Å². The molecule has 2 fully saturated rings. The number of hydrogen-bond donors (Lipinski definition) is 0. The van der Waals surface area contributed by atoms with Gasteiger partial charge in [-0.25, -0.2) is 9.97 Å². The molecule has 2 saturated heterocycles. The molecule has 6 nitrogen and oxygen atoms in total. The Hall–Kier alpha value is -1.69. The van der Waals surface area contributed by atoms with Gasteiger partial charge in [-0.15, -0.1) is 0 Å². The van der Waals surface area contributed by atoms with Crippen LogP contribution in [0.4, 0.5) is 5.95 Å². The molecule has 0 radical (unpaired) electrons. The van der Waals surface area contributed by atoms with E-state index in [-0.39, 0.29) is 5.54 Å². The summed E-state index contributed by atoms with van der Waals surface area (Å²) in [5.74, 6) is 1.49. The molecule has 1 amide bonds. The topological polar surface area (TPSA) is 52.6 Å². The molecule has 1 atom stereocenters. The van der Waals surface area contributed by atoms with Crippen molar-refractivity contribution in [1.29, 1.82) is 0 Å². The van der Waals surface area contributed by atoms with Gasteiger partial charge < -0.3 is 9.80 Å². The lowest BCUT2D eigenvalue weighted by Crippen LogP contribution is -2.59. The summed E-state index contributed by atoms with van der Waals surface area (Å²) in [4.78, 5) is 28.4. The molecule has 0 spiro atoms. The van der Waals surface area contributed by atoms with Crippen LogP contribution in [0.2, 0.25) is 0 Å². The number of likely N-dealkylation sites (N-methyl/N-ethyl adjacent to an activating group) is 1. The minimum Gasteiger partial charge on any atom is -0.347 e. The molecule has 25 heavy (non-hydrogen) atoms. The highest BCUT2D eigenvalue weighted by Gasteiger charge is 2.42. The molecule has 2 aliphatic heterocycles. The smallest absolute Gasteiger partial charge is 0.242 e. The molecule has 138 valence electrons. The number of anilines is 1. The maximum absolute atomic E-state index is 13.1. The van der Waals surface area contributed by atoms with Crippen LogP contribution < -0.4 is 4.90 Å². The lowest BCUT2D eigenvalue weighted by Gasteiger charge is -2.45. The summed E-state index contributed by atoms with van der Waals surface area (Å²) < 4.78 is 0. The summed E-state index contributed by atoms with van der Waals surface area (Å²) in [7, 11) is 6.01. The summed E-state index contributed by atoms with van der Waals surface area (Å²) in [5.41, 5.74) is 0.782. The molecule has 3 heterocycles. The number of amides is 1. The van der Waals surface area contributed by atoms with Crippen molar-refractivity contribution in [1.82, 2.24) is 19.8 Å². The Morgan fingerprint density at radius 2 is 1.96 bits per heavy atom. The third-order valence-electron chi connectivity index (χ3n) is 5.98. The summed E-state index contributed by atoms with van der Waals surface area (Å²) >= 11 is 0. The van der Waals surface area contributed by atoms with Crippen molar-refractivity contribution in [2.75, 3.05) is 45.7 Å². The first-order chi connectivity index (χ1) is 11.9. The fraction of sp³-hybridized carbons (Fsp3) is 0.737. The first kappa shape index (κ1) is 18.1. The number of piperidine rings is 2. The van der Waals surface area contributed by atoms with Gasteiger partial charge in [-0.2, -0.15) is 0 Å². The van der Waals surface area contributed by atoms with Crippen LogP contribution in [0.5, 0.6) is 0 Å². The lowest BCUT2D eigenvalue weighted by molar-refractivity contribution is -0.146. The predicted molar refractivity (Wildman–Crippen MR) is 99.8 cm³/mol. The molecule has 0 aromatic carbocycles. The van der Waals surface area contributed by atoms with Gasteiger partial charge in [0.1, 0.15) is 0 Å². The minimum atomic E-state index is -0.321. The average molecular weight is 345 g/mol.